The molecule has 1 heterocycles. The summed E-state index contributed by atoms with van der Waals surface area (Å²) in [6, 6.07) is 5.40. The molecule has 2 rings (SSSR count). The Hall–Kier alpha value is -0.640. The van der Waals surface area contributed by atoms with Crippen LogP contribution in [0, 0.1) is 11.7 Å². The Bertz CT molecular complexity index is 393. The lowest BCUT2D eigenvalue weighted by Gasteiger charge is -2.19. The molecule has 1 fully saturated rings. The Morgan fingerprint density at radius 2 is 2.39 bits per heavy atom. The van der Waals surface area contributed by atoms with Gasteiger partial charge in [0, 0.05) is 19.3 Å². The molecule has 0 spiro atoms. The fraction of sp³-hybridized carbons (Fsp3) is 0.571. The van der Waals surface area contributed by atoms with Gasteiger partial charge in [-0.2, -0.15) is 0 Å². The van der Waals surface area contributed by atoms with Gasteiger partial charge in [0.1, 0.15) is 5.82 Å². The van der Waals surface area contributed by atoms with Gasteiger partial charge in [-0.25, -0.2) is 4.39 Å². The first-order chi connectivity index (χ1) is 8.69. The third-order valence-corrected chi connectivity index (χ3v) is 3.82. The van der Waals surface area contributed by atoms with Crippen LogP contribution >= 0.6 is 11.6 Å². The molecule has 1 aliphatic heterocycles. The van der Waals surface area contributed by atoms with Gasteiger partial charge >= 0.3 is 0 Å². The molecule has 1 aromatic rings. The van der Waals surface area contributed by atoms with Gasteiger partial charge in [0.05, 0.1) is 5.02 Å². The van der Waals surface area contributed by atoms with E-state index in [9.17, 15) is 4.39 Å². The van der Waals surface area contributed by atoms with Crippen molar-refractivity contribution < 1.29 is 9.13 Å². The van der Waals surface area contributed by atoms with Crippen molar-refractivity contribution in [1.82, 2.24) is 5.32 Å². The van der Waals surface area contributed by atoms with Crippen molar-refractivity contribution >= 4 is 11.6 Å². The molecule has 0 aromatic heterocycles. The maximum Gasteiger partial charge on any atom is 0.142 e. The number of benzene rings is 1. The molecule has 0 amide bonds. The van der Waals surface area contributed by atoms with Crippen LogP contribution in [-0.2, 0) is 11.2 Å². The highest BCUT2D eigenvalue weighted by atomic mass is 35.5. The van der Waals surface area contributed by atoms with Gasteiger partial charge < -0.3 is 10.1 Å². The van der Waals surface area contributed by atoms with Gasteiger partial charge in [-0.1, -0.05) is 17.7 Å². The Balaban J connectivity index is 1.94. The molecule has 4 heteroatoms. The highest BCUT2D eigenvalue weighted by Gasteiger charge is 2.20. The molecule has 0 saturated carbocycles. The SMILES string of the molecule is CNC(Cc1ccc(Cl)c(F)c1)CC1CCOC1. The average Bonchev–Trinajstić information content (AvgIpc) is 2.86. The molecule has 1 aromatic carbocycles. The van der Waals surface area contributed by atoms with Gasteiger partial charge in [0.2, 0.25) is 0 Å². The van der Waals surface area contributed by atoms with Gasteiger partial charge in [0.25, 0.3) is 0 Å². The van der Waals surface area contributed by atoms with Crippen LogP contribution in [0.15, 0.2) is 18.2 Å². The molecule has 1 aliphatic rings. The number of nitrogens with one attached hydrogen (secondary N) is 1. The van der Waals surface area contributed by atoms with Crippen LogP contribution in [0.3, 0.4) is 0 Å². The molecule has 1 N–H and O–H groups in total. The van der Waals surface area contributed by atoms with Crippen LogP contribution < -0.4 is 5.32 Å². The van der Waals surface area contributed by atoms with Crippen LogP contribution in [0.4, 0.5) is 4.39 Å². The van der Waals surface area contributed by atoms with Crippen molar-refractivity contribution in [3.05, 3.63) is 34.6 Å². The molecule has 0 aliphatic carbocycles. The van der Waals surface area contributed by atoms with Gasteiger partial charge in [-0.3, -0.25) is 0 Å². The molecule has 18 heavy (non-hydrogen) atoms. The summed E-state index contributed by atoms with van der Waals surface area (Å²) < 4.78 is 18.7. The van der Waals surface area contributed by atoms with Crippen LogP contribution in [-0.4, -0.2) is 26.3 Å². The minimum absolute atomic E-state index is 0.184. The lowest BCUT2D eigenvalue weighted by Crippen LogP contribution is -2.30. The van der Waals surface area contributed by atoms with E-state index < -0.39 is 0 Å². The Morgan fingerprint density at radius 1 is 1.56 bits per heavy atom. The van der Waals surface area contributed by atoms with Crippen molar-refractivity contribution in [2.24, 2.45) is 5.92 Å². The van der Waals surface area contributed by atoms with Crippen molar-refractivity contribution in [2.45, 2.75) is 25.3 Å². The van der Waals surface area contributed by atoms with Crippen LogP contribution in [0.5, 0.6) is 0 Å². The molecule has 2 atom stereocenters. The molecular weight excluding hydrogens is 253 g/mol. The molecule has 1 saturated heterocycles. The third kappa shape index (κ3) is 3.67. The fourth-order valence-corrected chi connectivity index (χ4v) is 2.54. The zero-order chi connectivity index (χ0) is 13.0. The van der Waals surface area contributed by atoms with Crippen LogP contribution in [0.25, 0.3) is 0 Å². The van der Waals surface area contributed by atoms with Crippen molar-refractivity contribution in [3.63, 3.8) is 0 Å². The van der Waals surface area contributed by atoms with E-state index in [4.69, 9.17) is 16.3 Å². The second-order valence-electron chi connectivity index (χ2n) is 4.90. The lowest BCUT2D eigenvalue weighted by molar-refractivity contribution is 0.181. The minimum atomic E-state index is -0.340. The van der Waals surface area contributed by atoms with Crippen LogP contribution in [0.2, 0.25) is 5.02 Å². The van der Waals surface area contributed by atoms with Gasteiger partial charge in [0.15, 0.2) is 0 Å². The summed E-state index contributed by atoms with van der Waals surface area (Å²) in [5, 5.41) is 3.48. The van der Waals surface area contributed by atoms with Crippen molar-refractivity contribution in [3.8, 4) is 0 Å². The monoisotopic (exact) mass is 271 g/mol. The van der Waals surface area contributed by atoms with Gasteiger partial charge in [-0.15, -0.1) is 0 Å². The molecule has 0 radical (unpaired) electrons. The summed E-state index contributed by atoms with van der Waals surface area (Å²) >= 11 is 5.68. The first-order valence-electron chi connectivity index (χ1n) is 6.38. The summed E-state index contributed by atoms with van der Waals surface area (Å²) in [6.07, 6.45) is 3.02. The highest BCUT2D eigenvalue weighted by molar-refractivity contribution is 6.30. The summed E-state index contributed by atoms with van der Waals surface area (Å²) in [6.45, 7) is 1.73. The number of likely N-dealkylation sites (N-methyl/N-ethyl adjacent to an activating group) is 1. The van der Waals surface area contributed by atoms with E-state index in [1.165, 1.54) is 6.07 Å². The summed E-state index contributed by atoms with van der Waals surface area (Å²) in [4.78, 5) is 0. The smallest absolute Gasteiger partial charge is 0.142 e. The molecule has 2 nitrogen and oxygen atoms in total. The van der Waals surface area contributed by atoms with E-state index in [1.807, 2.05) is 13.1 Å². The molecule has 2 unspecified atom stereocenters. The Morgan fingerprint density at radius 3 is 3.00 bits per heavy atom. The Labute approximate surface area is 112 Å². The third-order valence-electron chi connectivity index (χ3n) is 3.52. The predicted octanol–water partition coefficient (Wildman–Crippen LogP) is 3.04. The zero-order valence-corrected chi connectivity index (χ0v) is 11.3. The molecule has 100 valence electrons. The first kappa shape index (κ1) is 13.8. The van der Waals surface area contributed by atoms with E-state index in [-0.39, 0.29) is 10.8 Å². The second-order valence-corrected chi connectivity index (χ2v) is 5.31. The molecule has 0 bridgehead atoms. The van der Waals surface area contributed by atoms with E-state index >= 15 is 0 Å². The topological polar surface area (TPSA) is 21.3 Å². The van der Waals surface area contributed by atoms with Crippen LogP contribution in [0.1, 0.15) is 18.4 Å². The number of rotatable bonds is 5. The molecular formula is C14H19ClFNO. The number of hydrogen-bond acceptors (Lipinski definition) is 2. The summed E-state index contributed by atoms with van der Waals surface area (Å²) in [5.41, 5.74) is 0.982. The Kier molecular flexibility index (Phi) is 4.98. The van der Waals surface area contributed by atoms with E-state index in [2.05, 4.69) is 5.32 Å². The lowest BCUT2D eigenvalue weighted by atomic mass is 9.94. The predicted molar refractivity (Wildman–Crippen MR) is 71.5 cm³/mol. The zero-order valence-electron chi connectivity index (χ0n) is 10.6. The average molecular weight is 272 g/mol. The second kappa shape index (κ2) is 6.50. The highest BCUT2D eigenvalue weighted by Crippen LogP contribution is 2.21. The quantitative estimate of drug-likeness (QED) is 0.889. The van der Waals surface area contributed by atoms with Crippen molar-refractivity contribution in [1.29, 1.82) is 0 Å². The normalized spacial score (nSPS) is 21.2. The summed E-state index contributed by atoms with van der Waals surface area (Å²) in [5.74, 6) is 0.285. The maximum atomic E-state index is 13.4. The minimum Gasteiger partial charge on any atom is -0.381 e. The summed E-state index contributed by atoms with van der Waals surface area (Å²) in [7, 11) is 1.95. The number of halogens is 2. The first-order valence-corrected chi connectivity index (χ1v) is 6.75. The fourth-order valence-electron chi connectivity index (χ4n) is 2.43. The van der Waals surface area contributed by atoms with Crippen molar-refractivity contribution in [2.75, 3.05) is 20.3 Å². The number of hydrogen-bond donors (Lipinski definition) is 1. The van der Waals surface area contributed by atoms with E-state index in [0.717, 1.165) is 38.0 Å². The number of ether oxygens (including phenoxy) is 1. The van der Waals surface area contributed by atoms with E-state index in [1.54, 1.807) is 6.07 Å². The van der Waals surface area contributed by atoms with E-state index in [0.29, 0.717) is 12.0 Å². The van der Waals surface area contributed by atoms with Gasteiger partial charge in [-0.05, 0) is 49.9 Å². The largest absolute Gasteiger partial charge is 0.381 e. The maximum absolute atomic E-state index is 13.4. The standard InChI is InChI=1S/C14H19ClFNO/c1-17-12(7-11-4-5-18-9-11)6-10-2-3-13(15)14(16)8-10/h2-3,8,11-12,17H,4-7,9H2,1H3.